The van der Waals surface area contributed by atoms with Crippen molar-refractivity contribution in [2.24, 2.45) is 5.92 Å². The van der Waals surface area contributed by atoms with Crippen molar-refractivity contribution in [2.45, 2.75) is 18.9 Å². The molecule has 2 atom stereocenters. The van der Waals surface area contributed by atoms with Gasteiger partial charge in [-0.05, 0) is 24.9 Å². The van der Waals surface area contributed by atoms with Crippen LogP contribution in [0.4, 0.5) is 4.79 Å². The average Bonchev–Trinajstić information content (AvgIpc) is 2.72. The Morgan fingerprint density at radius 3 is 3.00 bits per heavy atom. The molecular formula is C11H20N2O2S. The molecule has 0 heterocycles. The normalized spacial score (nSPS) is 23.4. The van der Waals surface area contributed by atoms with Gasteiger partial charge in [-0.1, -0.05) is 12.2 Å². The first-order valence-corrected chi connectivity index (χ1v) is 6.98. The Kier molecular flexibility index (Phi) is 6.33. The van der Waals surface area contributed by atoms with Crippen LogP contribution in [0.1, 0.15) is 12.8 Å². The molecule has 1 rings (SSSR count). The Morgan fingerprint density at radius 1 is 1.56 bits per heavy atom. The summed E-state index contributed by atoms with van der Waals surface area (Å²) in [5.74, 6) is 1.26. The van der Waals surface area contributed by atoms with E-state index in [2.05, 4.69) is 16.9 Å². The van der Waals surface area contributed by atoms with Gasteiger partial charge in [0.05, 0.1) is 0 Å². The van der Waals surface area contributed by atoms with E-state index in [0.717, 1.165) is 18.6 Å². The van der Waals surface area contributed by atoms with Crippen molar-refractivity contribution >= 4 is 17.8 Å². The molecule has 0 aliphatic heterocycles. The number of carbonyl (C=O) groups is 1. The second-order valence-electron chi connectivity index (χ2n) is 3.92. The third kappa shape index (κ3) is 4.90. The maximum atomic E-state index is 11.4. The molecule has 1 aliphatic carbocycles. The number of hydrogen-bond acceptors (Lipinski definition) is 3. The van der Waals surface area contributed by atoms with E-state index < -0.39 is 0 Å². The van der Waals surface area contributed by atoms with Crippen molar-refractivity contribution < 1.29 is 9.90 Å². The molecule has 3 N–H and O–H groups in total. The third-order valence-corrected chi connectivity index (χ3v) is 3.23. The molecule has 0 unspecified atom stereocenters. The highest BCUT2D eigenvalue weighted by atomic mass is 32.2. The van der Waals surface area contributed by atoms with Crippen LogP contribution in [0.3, 0.4) is 0 Å². The molecule has 0 saturated heterocycles. The number of urea groups is 1. The highest BCUT2D eigenvalue weighted by Crippen LogP contribution is 2.16. The summed E-state index contributed by atoms with van der Waals surface area (Å²) in [6.07, 6.45) is 7.75. The van der Waals surface area contributed by atoms with Gasteiger partial charge in [0.2, 0.25) is 0 Å². The summed E-state index contributed by atoms with van der Waals surface area (Å²) >= 11 is 1.78. The summed E-state index contributed by atoms with van der Waals surface area (Å²) < 4.78 is 0. The van der Waals surface area contributed by atoms with E-state index in [0.29, 0.717) is 6.54 Å². The fourth-order valence-corrected chi connectivity index (χ4v) is 2.09. The molecule has 0 bridgehead atoms. The summed E-state index contributed by atoms with van der Waals surface area (Å²) in [5, 5.41) is 14.6. The van der Waals surface area contributed by atoms with Crippen LogP contribution in [0.25, 0.3) is 0 Å². The van der Waals surface area contributed by atoms with E-state index in [1.54, 1.807) is 11.8 Å². The lowest BCUT2D eigenvalue weighted by Gasteiger charge is -2.13. The molecule has 4 nitrogen and oxygen atoms in total. The monoisotopic (exact) mass is 244 g/mol. The summed E-state index contributed by atoms with van der Waals surface area (Å²) in [6, 6.07) is -0.0490. The Labute approximate surface area is 101 Å². The lowest BCUT2D eigenvalue weighted by molar-refractivity contribution is 0.231. The molecule has 0 aromatic rings. The lowest BCUT2D eigenvalue weighted by atomic mass is 10.1. The summed E-state index contributed by atoms with van der Waals surface area (Å²) in [5.41, 5.74) is 0. The largest absolute Gasteiger partial charge is 0.396 e. The second kappa shape index (κ2) is 7.57. The maximum absolute atomic E-state index is 11.4. The van der Waals surface area contributed by atoms with Crippen LogP contribution in [-0.2, 0) is 0 Å². The zero-order chi connectivity index (χ0) is 11.8. The fraction of sp³-hybridized carbons (Fsp3) is 0.727. The molecule has 92 valence electrons. The summed E-state index contributed by atoms with van der Waals surface area (Å²) in [4.78, 5) is 11.4. The van der Waals surface area contributed by atoms with E-state index in [1.807, 2.05) is 12.2 Å². The van der Waals surface area contributed by atoms with Crippen LogP contribution in [0.15, 0.2) is 12.2 Å². The van der Waals surface area contributed by atoms with Crippen molar-refractivity contribution in [3.05, 3.63) is 12.2 Å². The van der Waals surface area contributed by atoms with E-state index >= 15 is 0 Å². The Balaban J connectivity index is 2.09. The number of aliphatic hydroxyl groups is 1. The van der Waals surface area contributed by atoms with Crippen LogP contribution >= 0.6 is 11.8 Å². The zero-order valence-corrected chi connectivity index (χ0v) is 10.4. The number of carbonyl (C=O) groups excluding carboxylic acids is 1. The van der Waals surface area contributed by atoms with Crippen LogP contribution in [0, 0.1) is 5.92 Å². The molecule has 1 aliphatic rings. The molecule has 0 aromatic carbocycles. The number of thioether (sulfide) groups is 1. The molecule has 0 fully saturated rings. The highest BCUT2D eigenvalue weighted by Gasteiger charge is 2.19. The lowest BCUT2D eigenvalue weighted by Crippen LogP contribution is -2.41. The molecule has 0 radical (unpaired) electrons. The Morgan fingerprint density at radius 2 is 2.38 bits per heavy atom. The zero-order valence-electron chi connectivity index (χ0n) is 9.61. The Hall–Kier alpha value is -0.680. The molecule has 5 heteroatoms. The summed E-state index contributed by atoms with van der Waals surface area (Å²) in [7, 11) is 0. The molecule has 0 aromatic heterocycles. The van der Waals surface area contributed by atoms with Crippen molar-refractivity contribution in [1.82, 2.24) is 10.6 Å². The average molecular weight is 244 g/mol. The molecule has 16 heavy (non-hydrogen) atoms. The van der Waals surface area contributed by atoms with Crippen molar-refractivity contribution in [1.29, 1.82) is 0 Å². The van der Waals surface area contributed by atoms with Gasteiger partial charge in [-0.3, -0.25) is 0 Å². The van der Waals surface area contributed by atoms with Gasteiger partial charge in [0.1, 0.15) is 0 Å². The van der Waals surface area contributed by atoms with Gasteiger partial charge < -0.3 is 15.7 Å². The molecule has 2 amide bonds. The maximum Gasteiger partial charge on any atom is 0.315 e. The van der Waals surface area contributed by atoms with Gasteiger partial charge in [0, 0.05) is 25.1 Å². The number of rotatable bonds is 6. The topological polar surface area (TPSA) is 61.4 Å². The van der Waals surface area contributed by atoms with Crippen molar-refractivity contribution in [3.8, 4) is 0 Å². The van der Waals surface area contributed by atoms with Crippen LogP contribution in [0.5, 0.6) is 0 Å². The van der Waals surface area contributed by atoms with Gasteiger partial charge in [-0.15, -0.1) is 0 Å². The van der Waals surface area contributed by atoms with Gasteiger partial charge in [0.25, 0.3) is 0 Å². The van der Waals surface area contributed by atoms with E-state index in [1.165, 1.54) is 0 Å². The van der Waals surface area contributed by atoms with Crippen LogP contribution < -0.4 is 10.6 Å². The van der Waals surface area contributed by atoms with Gasteiger partial charge >= 0.3 is 6.03 Å². The molecular weight excluding hydrogens is 224 g/mol. The predicted molar refractivity (Wildman–Crippen MR) is 67.7 cm³/mol. The number of amides is 2. The second-order valence-corrected chi connectivity index (χ2v) is 4.90. The Bertz CT molecular complexity index is 246. The van der Waals surface area contributed by atoms with E-state index in [9.17, 15) is 4.79 Å². The van der Waals surface area contributed by atoms with Crippen LogP contribution in [-0.4, -0.2) is 42.3 Å². The van der Waals surface area contributed by atoms with Crippen molar-refractivity contribution in [3.63, 3.8) is 0 Å². The molecule has 0 spiro atoms. The van der Waals surface area contributed by atoms with E-state index in [4.69, 9.17) is 5.11 Å². The minimum atomic E-state index is -0.116. The van der Waals surface area contributed by atoms with Gasteiger partial charge in [0.15, 0.2) is 0 Å². The molecule has 0 saturated carbocycles. The van der Waals surface area contributed by atoms with Crippen molar-refractivity contribution in [2.75, 3.05) is 25.2 Å². The fourth-order valence-electron chi connectivity index (χ4n) is 1.65. The first kappa shape index (κ1) is 13.4. The van der Waals surface area contributed by atoms with Crippen LogP contribution in [0.2, 0.25) is 0 Å². The highest BCUT2D eigenvalue weighted by molar-refractivity contribution is 7.98. The smallest absolute Gasteiger partial charge is 0.315 e. The standard InChI is InChI=1S/C11H20N2O2S/c1-16-6-2-5-12-11(15)13-10-4-3-9(7-10)8-14/h3-4,9-10,14H,2,5-8H2,1H3,(H2,12,13,15)/t9-,10+/m0/s1. The first-order chi connectivity index (χ1) is 7.76. The third-order valence-electron chi connectivity index (χ3n) is 2.53. The van der Waals surface area contributed by atoms with E-state index in [-0.39, 0.29) is 24.6 Å². The predicted octanol–water partition coefficient (Wildman–Crippen LogP) is 0.976. The minimum Gasteiger partial charge on any atom is -0.396 e. The SMILES string of the molecule is CSCCCNC(=O)N[C@@H]1C=C[C@H](CO)C1. The van der Waals surface area contributed by atoms with Gasteiger partial charge in [-0.2, -0.15) is 11.8 Å². The number of aliphatic hydroxyl groups excluding tert-OH is 1. The minimum absolute atomic E-state index is 0.0673. The summed E-state index contributed by atoms with van der Waals surface area (Å²) in [6.45, 7) is 0.872. The van der Waals surface area contributed by atoms with Gasteiger partial charge in [-0.25, -0.2) is 4.79 Å². The quantitative estimate of drug-likeness (QED) is 0.482. The first-order valence-electron chi connectivity index (χ1n) is 5.58. The number of nitrogens with one attached hydrogen (secondary N) is 2. The number of hydrogen-bond donors (Lipinski definition) is 3.